The van der Waals surface area contributed by atoms with Crippen molar-refractivity contribution in [3.05, 3.63) is 80.3 Å². The molecule has 4 nitrogen and oxygen atoms in total. The van der Waals surface area contributed by atoms with Crippen molar-refractivity contribution in [3.8, 4) is 0 Å². The summed E-state index contributed by atoms with van der Waals surface area (Å²) in [5, 5.41) is 0. The third kappa shape index (κ3) is 3.86. The molecule has 0 fully saturated rings. The van der Waals surface area contributed by atoms with Crippen LogP contribution in [0.3, 0.4) is 0 Å². The zero-order valence-electron chi connectivity index (χ0n) is 13.2. The molecule has 0 amide bonds. The van der Waals surface area contributed by atoms with Gasteiger partial charge in [0, 0.05) is 22.3 Å². The van der Waals surface area contributed by atoms with Gasteiger partial charge >= 0.3 is 0 Å². The first-order valence-electron chi connectivity index (χ1n) is 7.56. The van der Waals surface area contributed by atoms with E-state index >= 15 is 0 Å². The minimum atomic E-state index is -0.0230. The van der Waals surface area contributed by atoms with Gasteiger partial charge in [0.15, 0.2) is 0 Å². The summed E-state index contributed by atoms with van der Waals surface area (Å²) in [7, 11) is 2.11. The molecule has 0 saturated carbocycles. The van der Waals surface area contributed by atoms with Gasteiger partial charge in [-0.2, -0.15) is 0 Å². The summed E-state index contributed by atoms with van der Waals surface area (Å²) in [4.78, 5) is 18.1. The number of hydrogen-bond acceptors (Lipinski definition) is 2. The molecule has 0 spiro atoms. The fourth-order valence-corrected chi connectivity index (χ4v) is 2.94. The third-order valence-electron chi connectivity index (χ3n) is 3.76. The Labute approximate surface area is 143 Å². The maximum atomic E-state index is 12.2. The Morgan fingerprint density at radius 1 is 1.13 bits per heavy atom. The van der Waals surface area contributed by atoms with Gasteiger partial charge in [-0.3, -0.25) is 9.20 Å². The Balaban J connectivity index is 1.79. The molecule has 3 aromatic rings. The lowest BCUT2D eigenvalue weighted by atomic mass is 10.2. The normalized spacial score (nSPS) is 12.5. The molecule has 0 radical (unpaired) electrons. The van der Waals surface area contributed by atoms with Crippen LogP contribution < -0.4 is 10.5 Å². The molecule has 2 aromatic heterocycles. The molecular weight excluding hydrogens is 354 g/mol. The number of aryl methyl sites for hydroxylation is 1. The van der Waals surface area contributed by atoms with Gasteiger partial charge in [-0.15, -0.1) is 0 Å². The van der Waals surface area contributed by atoms with Crippen LogP contribution in [-0.2, 0) is 13.1 Å². The number of pyridine rings is 1. The van der Waals surface area contributed by atoms with E-state index in [0.29, 0.717) is 5.65 Å². The van der Waals surface area contributed by atoms with Gasteiger partial charge in [0.05, 0.1) is 7.05 Å². The first-order valence-corrected chi connectivity index (χ1v) is 8.35. The summed E-state index contributed by atoms with van der Waals surface area (Å²) in [5.74, 6) is 0. The van der Waals surface area contributed by atoms with E-state index in [9.17, 15) is 4.79 Å². The van der Waals surface area contributed by atoms with E-state index < -0.39 is 0 Å². The molecule has 0 saturated heterocycles. The number of aromatic nitrogens is 2. The van der Waals surface area contributed by atoms with Crippen LogP contribution in [0.25, 0.3) is 5.65 Å². The van der Waals surface area contributed by atoms with Gasteiger partial charge in [0.1, 0.15) is 24.4 Å². The number of nitrogens with zero attached hydrogens (tertiary/aromatic N) is 2. The summed E-state index contributed by atoms with van der Waals surface area (Å²) in [6, 6.07) is 13.8. The Morgan fingerprint density at radius 3 is 2.61 bits per heavy atom. The van der Waals surface area contributed by atoms with Crippen LogP contribution in [0.1, 0.15) is 16.8 Å². The van der Waals surface area contributed by atoms with Crippen LogP contribution in [0.15, 0.2) is 57.9 Å². The molecule has 1 N–H and O–H groups in total. The molecule has 0 aliphatic carbocycles. The smallest absolute Gasteiger partial charge is 0.258 e. The highest BCUT2D eigenvalue weighted by molar-refractivity contribution is 9.10. The highest BCUT2D eigenvalue weighted by Gasteiger charge is 2.09. The fourth-order valence-electron chi connectivity index (χ4n) is 2.67. The highest BCUT2D eigenvalue weighted by atomic mass is 79.9. The van der Waals surface area contributed by atoms with Crippen LogP contribution in [0.4, 0.5) is 0 Å². The van der Waals surface area contributed by atoms with Crippen molar-refractivity contribution >= 4 is 21.6 Å². The zero-order chi connectivity index (χ0) is 16.4. The summed E-state index contributed by atoms with van der Waals surface area (Å²) < 4.78 is 2.68. The second kappa shape index (κ2) is 6.64. The van der Waals surface area contributed by atoms with Crippen LogP contribution in [0.2, 0.25) is 0 Å². The van der Waals surface area contributed by atoms with E-state index in [1.165, 1.54) is 10.5 Å². The topological polar surface area (TPSA) is 38.8 Å². The number of quaternary nitrogens is 1. The lowest BCUT2D eigenvalue weighted by Gasteiger charge is -2.14. The lowest BCUT2D eigenvalue weighted by Crippen LogP contribution is -3.06. The zero-order valence-corrected chi connectivity index (χ0v) is 14.8. The summed E-state index contributed by atoms with van der Waals surface area (Å²) in [6.45, 7) is 3.58. The molecular formula is C18H19BrN3O+. The van der Waals surface area contributed by atoms with Gasteiger partial charge in [-0.1, -0.05) is 34.1 Å². The van der Waals surface area contributed by atoms with Crippen molar-refractivity contribution in [1.82, 2.24) is 9.38 Å². The number of fused-ring (bicyclic) bond motifs is 1. The van der Waals surface area contributed by atoms with Crippen molar-refractivity contribution in [2.24, 2.45) is 0 Å². The maximum absolute atomic E-state index is 12.2. The number of rotatable bonds is 4. The predicted molar refractivity (Wildman–Crippen MR) is 94.6 cm³/mol. The van der Waals surface area contributed by atoms with Gasteiger partial charge in [0.2, 0.25) is 0 Å². The standard InChI is InChI=1S/C18H18BrN3O/c1-13-3-8-17-20-16(9-18(23)22(17)10-13)12-21(2)11-14-4-6-15(19)7-5-14/h3-10H,11-12H2,1-2H3/p+1. The number of benzene rings is 1. The molecule has 0 bridgehead atoms. The molecule has 0 aliphatic heterocycles. The van der Waals surface area contributed by atoms with E-state index in [1.54, 1.807) is 10.5 Å². The first kappa shape index (κ1) is 15.9. The average molecular weight is 373 g/mol. The second-order valence-electron chi connectivity index (χ2n) is 5.96. The molecule has 1 atom stereocenters. The summed E-state index contributed by atoms with van der Waals surface area (Å²) in [5.41, 5.74) is 3.82. The van der Waals surface area contributed by atoms with Crippen LogP contribution in [0.5, 0.6) is 0 Å². The van der Waals surface area contributed by atoms with Gasteiger partial charge in [0.25, 0.3) is 5.56 Å². The summed E-state index contributed by atoms with van der Waals surface area (Å²) >= 11 is 3.45. The van der Waals surface area contributed by atoms with E-state index in [4.69, 9.17) is 0 Å². The van der Waals surface area contributed by atoms with Crippen molar-refractivity contribution in [1.29, 1.82) is 0 Å². The van der Waals surface area contributed by atoms with Crippen molar-refractivity contribution in [3.63, 3.8) is 0 Å². The van der Waals surface area contributed by atoms with Gasteiger partial charge < -0.3 is 4.90 Å². The highest BCUT2D eigenvalue weighted by Crippen LogP contribution is 2.09. The summed E-state index contributed by atoms with van der Waals surface area (Å²) in [6.07, 6.45) is 1.83. The van der Waals surface area contributed by atoms with Crippen LogP contribution in [-0.4, -0.2) is 16.4 Å². The Morgan fingerprint density at radius 2 is 1.87 bits per heavy atom. The van der Waals surface area contributed by atoms with Crippen LogP contribution >= 0.6 is 15.9 Å². The van der Waals surface area contributed by atoms with Crippen molar-refractivity contribution in [2.75, 3.05) is 7.05 Å². The number of halogens is 1. The third-order valence-corrected chi connectivity index (χ3v) is 4.29. The van der Waals surface area contributed by atoms with Gasteiger partial charge in [-0.05, 0) is 30.7 Å². The van der Waals surface area contributed by atoms with Crippen molar-refractivity contribution in [2.45, 2.75) is 20.0 Å². The Hall–Kier alpha value is -1.98. The molecule has 5 heteroatoms. The molecule has 3 rings (SSSR count). The van der Waals surface area contributed by atoms with Gasteiger partial charge in [-0.25, -0.2) is 4.98 Å². The second-order valence-corrected chi connectivity index (χ2v) is 6.87. The fraction of sp³-hybridized carbons (Fsp3) is 0.222. The molecule has 0 aliphatic rings. The maximum Gasteiger partial charge on any atom is 0.258 e. The number of hydrogen-bond donors (Lipinski definition) is 1. The quantitative estimate of drug-likeness (QED) is 0.760. The monoisotopic (exact) mass is 372 g/mol. The van der Waals surface area contributed by atoms with E-state index in [1.807, 2.05) is 37.4 Å². The Bertz CT molecular complexity index is 887. The molecule has 2 heterocycles. The van der Waals surface area contributed by atoms with E-state index in [2.05, 4.69) is 40.1 Å². The minimum absolute atomic E-state index is 0.0230. The minimum Gasteiger partial charge on any atom is -0.329 e. The SMILES string of the molecule is Cc1ccc2nc(C[NH+](C)Cc3ccc(Br)cc3)cc(=O)n2c1. The first-order chi connectivity index (χ1) is 11.0. The molecule has 1 unspecified atom stereocenters. The van der Waals surface area contributed by atoms with E-state index in [-0.39, 0.29) is 5.56 Å². The molecule has 23 heavy (non-hydrogen) atoms. The number of nitrogens with one attached hydrogen (secondary N) is 1. The van der Waals surface area contributed by atoms with Crippen LogP contribution in [0, 0.1) is 6.92 Å². The van der Waals surface area contributed by atoms with Crippen molar-refractivity contribution < 1.29 is 4.90 Å². The lowest BCUT2D eigenvalue weighted by molar-refractivity contribution is -0.908. The molecule has 1 aromatic carbocycles. The van der Waals surface area contributed by atoms with E-state index in [0.717, 1.165) is 28.8 Å². The average Bonchev–Trinajstić information content (AvgIpc) is 2.50. The predicted octanol–water partition coefficient (Wildman–Crippen LogP) is 1.98. The Kier molecular flexibility index (Phi) is 4.59. The largest absolute Gasteiger partial charge is 0.329 e. The molecule has 118 valence electrons.